The summed E-state index contributed by atoms with van der Waals surface area (Å²) in [4.78, 5) is 23.9. The molecule has 0 bridgehead atoms. The summed E-state index contributed by atoms with van der Waals surface area (Å²) in [6, 6.07) is 0. The molecule has 19 heavy (non-hydrogen) atoms. The molecule has 2 fully saturated rings. The zero-order chi connectivity index (χ0) is 13.9. The number of carbonyl (C=O) groups excluding carboxylic acids is 2. The van der Waals surface area contributed by atoms with E-state index >= 15 is 0 Å². The molecule has 1 aliphatic carbocycles. The average molecular weight is 265 g/mol. The van der Waals surface area contributed by atoms with Crippen LogP contribution in [0, 0.1) is 17.3 Å². The molecular formula is C16H27NO2. The summed E-state index contributed by atoms with van der Waals surface area (Å²) >= 11 is 0. The zero-order valence-electron chi connectivity index (χ0n) is 12.3. The molecule has 3 heteroatoms. The van der Waals surface area contributed by atoms with Gasteiger partial charge in [0.15, 0.2) is 0 Å². The maximum Gasteiger partial charge on any atom is 0.230 e. The number of nitrogens with one attached hydrogen (secondary N) is 1. The monoisotopic (exact) mass is 265 g/mol. The minimum atomic E-state index is -0.0497. The summed E-state index contributed by atoms with van der Waals surface area (Å²) in [6.07, 6.45) is 9.61. The third-order valence-corrected chi connectivity index (χ3v) is 5.21. The number of imide groups is 1. The second kappa shape index (κ2) is 6.06. The highest BCUT2D eigenvalue weighted by molar-refractivity contribution is 5.99. The molecule has 0 aromatic heterocycles. The molecule has 0 radical (unpaired) electrons. The van der Waals surface area contributed by atoms with Gasteiger partial charge in [0.2, 0.25) is 11.8 Å². The molecule has 1 heterocycles. The molecule has 1 atom stereocenters. The fraction of sp³-hybridized carbons (Fsp3) is 0.875. The minimum Gasteiger partial charge on any atom is -0.296 e. The van der Waals surface area contributed by atoms with Gasteiger partial charge < -0.3 is 0 Å². The van der Waals surface area contributed by atoms with E-state index in [9.17, 15) is 9.59 Å². The molecule has 3 nitrogen and oxygen atoms in total. The van der Waals surface area contributed by atoms with Crippen molar-refractivity contribution in [2.24, 2.45) is 17.3 Å². The van der Waals surface area contributed by atoms with Gasteiger partial charge in [0, 0.05) is 12.3 Å². The van der Waals surface area contributed by atoms with E-state index in [1.165, 1.54) is 25.7 Å². The van der Waals surface area contributed by atoms with Gasteiger partial charge in [-0.05, 0) is 43.4 Å². The average Bonchev–Trinajstić information content (AvgIpc) is 2.37. The summed E-state index contributed by atoms with van der Waals surface area (Å²) < 4.78 is 0. The standard InChI is InChI=1S/C16H27NO2/c1-3-5-12-7-9-16(10-8-12)11-14(18)17-15(19)13(16)6-4-2/h12-13H,3-11H2,1-2H3,(H,17,18,19). The third-order valence-electron chi connectivity index (χ3n) is 5.21. The lowest BCUT2D eigenvalue weighted by Gasteiger charge is -2.47. The molecule has 0 aromatic carbocycles. The molecule has 1 spiro atoms. The van der Waals surface area contributed by atoms with Crippen LogP contribution < -0.4 is 5.32 Å². The topological polar surface area (TPSA) is 46.2 Å². The van der Waals surface area contributed by atoms with E-state index in [-0.39, 0.29) is 23.1 Å². The first-order chi connectivity index (χ1) is 9.11. The fourth-order valence-corrected chi connectivity index (χ4v) is 4.19. The number of carbonyl (C=O) groups is 2. The van der Waals surface area contributed by atoms with Crippen molar-refractivity contribution in [1.29, 1.82) is 0 Å². The number of piperidine rings is 1. The number of rotatable bonds is 4. The Kier molecular flexibility index (Phi) is 4.64. The van der Waals surface area contributed by atoms with Crippen molar-refractivity contribution in [3.05, 3.63) is 0 Å². The minimum absolute atomic E-state index is 0.00737. The lowest BCUT2D eigenvalue weighted by molar-refractivity contribution is -0.146. The Morgan fingerprint density at radius 2 is 1.74 bits per heavy atom. The smallest absolute Gasteiger partial charge is 0.230 e. The summed E-state index contributed by atoms with van der Waals surface area (Å²) in [5.74, 6) is 0.828. The van der Waals surface area contributed by atoms with Crippen molar-refractivity contribution in [2.45, 2.75) is 71.6 Å². The first-order valence-corrected chi connectivity index (χ1v) is 7.95. The molecule has 1 saturated carbocycles. The van der Waals surface area contributed by atoms with Crippen molar-refractivity contribution in [3.8, 4) is 0 Å². The van der Waals surface area contributed by atoms with Gasteiger partial charge in [-0.25, -0.2) is 0 Å². The molecule has 2 amide bonds. The quantitative estimate of drug-likeness (QED) is 0.792. The molecule has 1 aliphatic heterocycles. The van der Waals surface area contributed by atoms with Gasteiger partial charge in [0.05, 0.1) is 0 Å². The van der Waals surface area contributed by atoms with Gasteiger partial charge in [0.25, 0.3) is 0 Å². The second-order valence-corrected chi connectivity index (χ2v) is 6.52. The summed E-state index contributed by atoms with van der Waals surface area (Å²) in [5, 5.41) is 2.54. The highest BCUT2D eigenvalue weighted by Gasteiger charge is 2.49. The maximum atomic E-state index is 12.1. The van der Waals surface area contributed by atoms with Gasteiger partial charge >= 0.3 is 0 Å². The van der Waals surface area contributed by atoms with Gasteiger partial charge in [-0.1, -0.05) is 33.1 Å². The number of hydrogen-bond donors (Lipinski definition) is 1. The van der Waals surface area contributed by atoms with Crippen molar-refractivity contribution >= 4 is 11.8 Å². The van der Waals surface area contributed by atoms with Crippen LogP contribution in [0.1, 0.15) is 71.6 Å². The predicted octanol–water partition coefficient (Wildman–Crippen LogP) is 3.43. The van der Waals surface area contributed by atoms with Crippen LogP contribution in [-0.2, 0) is 9.59 Å². The first kappa shape index (κ1) is 14.5. The molecule has 1 saturated heterocycles. The Labute approximate surface area is 116 Å². The van der Waals surface area contributed by atoms with Crippen LogP contribution in [0.5, 0.6) is 0 Å². The Hall–Kier alpha value is -0.860. The van der Waals surface area contributed by atoms with E-state index in [0.29, 0.717) is 6.42 Å². The van der Waals surface area contributed by atoms with E-state index in [1.807, 2.05) is 0 Å². The van der Waals surface area contributed by atoms with Crippen LogP contribution in [0.3, 0.4) is 0 Å². The van der Waals surface area contributed by atoms with Crippen molar-refractivity contribution in [1.82, 2.24) is 5.32 Å². The highest BCUT2D eigenvalue weighted by Crippen LogP contribution is 2.50. The van der Waals surface area contributed by atoms with Crippen molar-refractivity contribution < 1.29 is 9.59 Å². The Morgan fingerprint density at radius 3 is 2.32 bits per heavy atom. The van der Waals surface area contributed by atoms with Crippen LogP contribution in [0.2, 0.25) is 0 Å². The van der Waals surface area contributed by atoms with E-state index in [2.05, 4.69) is 19.2 Å². The van der Waals surface area contributed by atoms with Crippen molar-refractivity contribution in [2.75, 3.05) is 0 Å². The SMILES string of the molecule is CCCC1CCC2(CC1)CC(=O)NC(=O)C2CCC. The van der Waals surface area contributed by atoms with Crippen LogP contribution >= 0.6 is 0 Å². The summed E-state index contributed by atoms with van der Waals surface area (Å²) in [6.45, 7) is 4.36. The normalized spacial score (nSPS) is 35.5. The lowest BCUT2D eigenvalue weighted by atomic mass is 9.59. The van der Waals surface area contributed by atoms with Gasteiger partial charge in [0.1, 0.15) is 0 Å². The third kappa shape index (κ3) is 3.01. The van der Waals surface area contributed by atoms with Crippen LogP contribution in [0.25, 0.3) is 0 Å². The molecule has 2 rings (SSSR count). The van der Waals surface area contributed by atoms with Gasteiger partial charge in [-0.15, -0.1) is 0 Å². The molecule has 1 N–H and O–H groups in total. The van der Waals surface area contributed by atoms with E-state index in [0.717, 1.165) is 31.6 Å². The second-order valence-electron chi connectivity index (χ2n) is 6.52. The fourth-order valence-electron chi connectivity index (χ4n) is 4.19. The maximum absolute atomic E-state index is 12.1. The van der Waals surface area contributed by atoms with Crippen molar-refractivity contribution in [3.63, 3.8) is 0 Å². The molecule has 2 aliphatic rings. The van der Waals surface area contributed by atoms with E-state index < -0.39 is 0 Å². The molecule has 1 unspecified atom stereocenters. The molecule has 0 aromatic rings. The number of hydrogen-bond acceptors (Lipinski definition) is 2. The zero-order valence-corrected chi connectivity index (χ0v) is 12.3. The molecule has 108 valence electrons. The Bertz CT molecular complexity index is 343. The van der Waals surface area contributed by atoms with Gasteiger partial charge in [-0.2, -0.15) is 0 Å². The van der Waals surface area contributed by atoms with E-state index in [4.69, 9.17) is 0 Å². The predicted molar refractivity (Wildman–Crippen MR) is 75.5 cm³/mol. The first-order valence-electron chi connectivity index (χ1n) is 7.95. The van der Waals surface area contributed by atoms with Gasteiger partial charge in [-0.3, -0.25) is 14.9 Å². The van der Waals surface area contributed by atoms with Crippen LogP contribution in [-0.4, -0.2) is 11.8 Å². The summed E-state index contributed by atoms with van der Waals surface area (Å²) in [7, 11) is 0. The van der Waals surface area contributed by atoms with Crippen LogP contribution in [0.15, 0.2) is 0 Å². The largest absolute Gasteiger partial charge is 0.296 e. The Balaban J connectivity index is 2.10. The Morgan fingerprint density at radius 1 is 1.11 bits per heavy atom. The lowest BCUT2D eigenvalue weighted by Crippen LogP contribution is -2.53. The molecular weight excluding hydrogens is 238 g/mol. The van der Waals surface area contributed by atoms with Crippen LogP contribution in [0.4, 0.5) is 0 Å². The summed E-state index contributed by atoms with van der Waals surface area (Å²) in [5.41, 5.74) is -0.0142. The van der Waals surface area contributed by atoms with E-state index in [1.54, 1.807) is 0 Å². The highest BCUT2D eigenvalue weighted by atomic mass is 16.2. The number of amides is 2.